The molecule has 2 saturated heterocycles. The number of hydrogen-bond acceptors (Lipinski definition) is 3. The van der Waals surface area contributed by atoms with Gasteiger partial charge in [-0.3, -0.25) is 4.79 Å². The lowest BCUT2D eigenvalue weighted by atomic mass is 10.1. The molecule has 2 fully saturated rings. The lowest BCUT2D eigenvalue weighted by Crippen LogP contribution is -2.44. The van der Waals surface area contributed by atoms with E-state index in [1.54, 1.807) is 0 Å². The van der Waals surface area contributed by atoms with Crippen LogP contribution in [0.4, 0.5) is 0 Å². The third-order valence-electron chi connectivity index (χ3n) is 3.31. The molecule has 0 unspecified atom stereocenters. The minimum Gasteiger partial charge on any atom is -0.383 e. The maximum atomic E-state index is 11.7. The normalized spacial score (nSPS) is 32.9. The molecule has 15 heavy (non-hydrogen) atoms. The molecule has 1 amide bonds. The molecule has 88 valence electrons. The van der Waals surface area contributed by atoms with Crippen molar-refractivity contribution in [1.29, 1.82) is 0 Å². The van der Waals surface area contributed by atoms with E-state index in [0.29, 0.717) is 6.04 Å². The largest absolute Gasteiger partial charge is 0.383 e. The highest BCUT2D eigenvalue weighted by molar-refractivity contribution is 5.85. The van der Waals surface area contributed by atoms with Crippen LogP contribution in [0, 0.1) is 5.92 Å². The van der Waals surface area contributed by atoms with E-state index < -0.39 is 6.10 Å². The quantitative estimate of drug-likeness (QED) is 0.672. The van der Waals surface area contributed by atoms with Gasteiger partial charge in [-0.05, 0) is 25.9 Å². The summed E-state index contributed by atoms with van der Waals surface area (Å²) in [7, 11) is 0. The zero-order valence-electron chi connectivity index (χ0n) is 8.98. The number of carbonyl (C=O) groups excluding carboxylic acids is 1. The number of amides is 1. The van der Waals surface area contributed by atoms with Crippen LogP contribution in [0.1, 0.15) is 19.8 Å². The third kappa shape index (κ3) is 2.44. The van der Waals surface area contributed by atoms with Crippen molar-refractivity contribution in [3.8, 4) is 0 Å². The van der Waals surface area contributed by atoms with E-state index in [1.165, 1.54) is 0 Å². The Balaban J connectivity index is 0.00000112. The molecule has 0 saturated carbocycles. The average Bonchev–Trinajstić information content (AvgIpc) is 2.47. The smallest absolute Gasteiger partial charge is 0.252 e. The predicted molar refractivity (Wildman–Crippen MR) is 60.0 cm³/mol. The number of carbonyl (C=O) groups is 1. The first-order chi connectivity index (χ1) is 6.70. The van der Waals surface area contributed by atoms with Gasteiger partial charge < -0.3 is 15.3 Å². The Kier molecular flexibility index (Phi) is 4.37. The van der Waals surface area contributed by atoms with Crippen molar-refractivity contribution in [2.45, 2.75) is 31.9 Å². The van der Waals surface area contributed by atoms with Gasteiger partial charge in [-0.25, -0.2) is 0 Å². The number of halogens is 1. The molecule has 0 aromatic carbocycles. The first-order valence-corrected chi connectivity index (χ1v) is 5.39. The first kappa shape index (κ1) is 12.7. The molecule has 0 aromatic rings. The maximum absolute atomic E-state index is 11.7. The van der Waals surface area contributed by atoms with Crippen LogP contribution in [0.3, 0.4) is 0 Å². The summed E-state index contributed by atoms with van der Waals surface area (Å²) >= 11 is 0. The van der Waals surface area contributed by atoms with Crippen molar-refractivity contribution in [3.63, 3.8) is 0 Å². The Morgan fingerprint density at radius 1 is 1.40 bits per heavy atom. The molecule has 0 radical (unpaired) electrons. The maximum Gasteiger partial charge on any atom is 0.252 e. The van der Waals surface area contributed by atoms with Gasteiger partial charge in [-0.2, -0.15) is 0 Å². The molecule has 0 aliphatic carbocycles. The van der Waals surface area contributed by atoms with Crippen molar-refractivity contribution in [3.05, 3.63) is 0 Å². The number of aliphatic hydroxyl groups excluding tert-OH is 1. The lowest BCUT2D eigenvalue weighted by molar-refractivity contribution is -0.137. The minimum absolute atomic E-state index is 0. The molecule has 2 rings (SSSR count). The number of nitrogens with zero attached hydrogens (tertiary/aromatic N) is 1. The average molecular weight is 235 g/mol. The summed E-state index contributed by atoms with van der Waals surface area (Å²) in [6.45, 7) is 4.63. The monoisotopic (exact) mass is 234 g/mol. The highest BCUT2D eigenvalue weighted by Gasteiger charge is 2.39. The lowest BCUT2D eigenvalue weighted by Gasteiger charge is -2.31. The Hall–Kier alpha value is -0.320. The zero-order valence-corrected chi connectivity index (χ0v) is 9.80. The number of likely N-dealkylation sites (tertiary alicyclic amines) is 1. The second kappa shape index (κ2) is 5.14. The Labute approximate surface area is 96.4 Å². The third-order valence-corrected chi connectivity index (χ3v) is 3.31. The van der Waals surface area contributed by atoms with Crippen molar-refractivity contribution < 1.29 is 9.90 Å². The van der Waals surface area contributed by atoms with Crippen LogP contribution < -0.4 is 5.32 Å². The number of piperidine rings is 1. The molecule has 2 aliphatic rings. The van der Waals surface area contributed by atoms with Gasteiger partial charge in [0.15, 0.2) is 0 Å². The summed E-state index contributed by atoms with van der Waals surface area (Å²) in [6.07, 6.45) is 1.28. The Bertz CT molecular complexity index is 231. The molecular formula is C10H19ClN2O2. The second-order valence-electron chi connectivity index (χ2n) is 4.39. The van der Waals surface area contributed by atoms with E-state index >= 15 is 0 Å². The molecule has 2 heterocycles. The van der Waals surface area contributed by atoms with Crippen LogP contribution in [-0.4, -0.2) is 47.7 Å². The molecule has 0 bridgehead atoms. The standard InChI is InChI=1S/C10H18N2O2.ClH/c1-7-6-12(10(14)9(7)13)8-2-4-11-5-3-8;/h7-9,11,13H,2-6H2,1H3;1H/t7-,9+;/m0./s1. The van der Waals surface area contributed by atoms with Gasteiger partial charge in [0.1, 0.15) is 6.10 Å². The number of hydrogen-bond donors (Lipinski definition) is 2. The van der Waals surface area contributed by atoms with Gasteiger partial charge in [0.2, 0.25) is 0 Å². The summed E-state index contributed by atoms with van der Waals surface area (Å²) < 4.78 is 0. The van der Waals surface area contributed by atoms with Crippen LogP contribution in [0.2, 0.25) is 0 Å². The topological polar surface area (TPSA) is 52.6 Å². The van der Waals surface area contributed by atoms with Crippen molar-refractivity contribution in [1.82, 2.24) is 10.2 Å². The summed E-state index contributed by atoms with van der Waals surface area (Å²) in [5.74, 6) is 0.0294. The minimum atomic E-state index is -0.759. The summed E-state index contributed by atoms with van der Waals surface area (Å²) in [6, 6.07) is 0.350. The fourth-order valence-electron chi connectivity index (χ4n) is 2.36. The van der Waals surface area contributed by atoms with Gasteiger partial charge in [0.05, 0.1) is 0 Å². The molecule has 2 atom stereocenters. The molecule has 0 aromatic heterocycles. The van der Waals surface area contributed by atoms with Crippen LogP contribution in [0.25, 0.3) is 0 Å². The molecule has 5 heteroatoms. The van der Waals surface area contributed by atoms with E-state index in [4.69, 9.17) is 0 Å². The van der Waals surface area contributed by atoms with E-state index in [-0.39, 0.29) is 24.2 Å². The zero-order chi connectivity index (χ0) is 10.1. The highest BCUT2D eigenvalue weighted by Crippen LogP contribution is 2.23. The summed E-state index contributed by atoms with van der Waals surface area (Å²) in [5, 5.41) is 12.8. The molecule has 0 spiro atoms. The molecule has 2 N–H and O–H groups in total. The number of rotatable bonds is 1. The van der Waals surface area contributed by atoms with Crippen molar-refractivity contribution in [2.24, 2.45) is 5.92 Å². The van der Waals surface area contributed by atoms with Gasteiger partial charge in [-0.15, -0.1) is 12.4 Å². The van der Waals surface area contributed by atoms with Gasteiger partial charge in [-0.1, -0.05) is 6.92 Å². The summed E-state index contributed by atoms with van der Waals surface area (Å²) in [5.41, 5.74) is 0. The van der Waals surface area contributed by atoms with Crippen LogP contribution >= 0.6 is 12.4 Å². The number of nitrogens with one attached hydrogen (secondary N) is 1. The Morgan fingerprint density at radius 2 is 2.00 bits per heavy atom. The second-order valence-corrected chi connectivity index (χ2v) is 4.39. The summed E-state index contributed by atoms with van der Waals surface area (Å²) in [4.78, 5) is 13.5. The van der Waals surface area contributed by atoms with Crippen LogP contribution in [0.15, 0.2) is 0 Å². The van der Waals surface area contributed by atoms with Crippen LogP contribution in [0.5, 0.6) is 0 Å². The van der Waals surface area contributed by atoms with E-state index in [0.717, 1.165) is 32.5 Å². The molecular weight excluding hydrogens is 216 g/mol. The van der Waals surface area contributed by atoms with E-state index in [9.17, 15) is 9.90 Å². The van der Waals surface area contributed by atoms with Crippen molar-refractivity contribution >= 4 is 18.3 Å². The fourth-order valence-corrected chi connectivity index (χ4v) is 2.36. The number of aliphatic hydroxyl groups is 1. The molecule has 2 aliphatic heterocycles. The van der Waals surface area contributed by atoms with Gasteiger partial charge in [0.25, 0.3) is 5.91 Å². The van der Waals surface area contributed by atoms with E-state index in [2.05, 4.69) is 5.32 Å². The van der Waals surface area contributed by atoms with Gasteiger partial charge >= 0.3 is 0 Å². The van der Waals surface area contributed by atoms with Gasteiger partial charge in [0, 0.05) is 18.5 Å². The fraction of sp³-hybridized carbons (Fsp3) is 0.900. The SMILES string of the molecule is C[C@H]1CN(C2CCNCC2)C(=O)[C@@H]1O.Cl. The Morgan fingerprint density at radius 3 is 2.47 bits per heavy atom. The van der Waals surface area contributed by atoms with E-state index in [1.807, 2.05) is 11.8 Å². The van der Waals surface area contributed by atoms with Crippen LogP contribution in [-0.2, 0) is 4.79 Å². The molecule has 4 nitrogen and oxygen atoms in total. The predicted octanol–water partition coefficient (Wildman–Crippen LogP) is -0.000600. The first-order valence-electron chi connectivity index (χ1n) is 5.39. The van der Waals surface area contributed by atoms with Crippen molar-refractivity contribution in [2.75, 3.05) is 19.6 Å². The highest BCUT2D eigenvalue weighted by atomic mass is 35.5.